The molecule has 0 radical (unpaired) electrons. The lowest BCUT2D eigenvalue weighted by Crippen LogP contribution is -2.32. The van der Waals surface area contributed by atoms with E-state index in [1.807, 2.05) is 0 Å². The highest BCUT2D eigenvalue weighted by atomic mass is 19.4. The number of primary amides is 1. The summed E-state index contributed by atoms with van der Waals surface area (Å²) in [4.78, 5) is 32.4. The van der Waals surface area contributed by atoms with Crippen LogP contribution in [0.25, 0.3) is 0 Å². The molecule has 0 atom stereocenters. The third-order valence-electron chi connectivity index (χ3n) is 5.12. The number of carbonyl (C=O) groups excluding carboxylic acids is 2. The fourth-order valence-corrected chi connectivity index (χ4v) is 3.45. The Hall–Kier alpha value is -4.15. The molecule has 0 fully saturated rings. The zero-order chi connectivity index (χ0) is 23.6. The minimum Gasteiger partial charge on any atom is -0.365 e. The summed E-state index contributed by atoms with van der Waals surface area (Å²) in [6, 6.07) is 9.88. The van der Waals surface area contributed by atoms with Gasteiger partial charge in [-0.05, 0) is 41.8 Å². The molecule has 0 unspecified atom stereocenters. The molecule has 2 heterocycles. The summed E-state index contributed by atoms with van der Waals surface area (Å²) in [6.45, 7) is 0.644. The van der Waals surface area contributed by atoms with E-state index in [9.17, 15) is 22.8 Å². The number of carbonyl (C=O) groups is 2. The van der Waals surface area contributed by atoms with E-state index in [0.29, 0.717) is 29.8 Å². The lowest BCUT2D eigenvalue weighted by molar-refractivity contribution is -0.137. The second-order valence-corrected chi connectivity index (χ2v) is 7.33. The topological polar surface area (TPSA) is 122 Å². The Balaban J connectivity index is 1.56. The molecule has 0 spiro atoms. The maximum atomic E-state index is 12.7. The predicted molar refractivity (Wildman–Crippen MR) is 115 cm³/mol. The summed E-state index contributed by atoms with van der Waals surface area (Å²) in [6.07, 6.45) is -2.55. The average Bonchev–Trinajstić information content (AvgIpc) is 2.78. The molecule has 5 N–H and O–H groups in total. The molecule has 2 amide bonds. The van der Waals surface area contributed by atoms with Gasteiger partial charge < -0.3 is 21.7 Å². The first-order valence-electron chi connectivity index (χ1n) is 9.96. The Morgan fingerprint density at radius 3 is 2.61 bits per heavy atom. The van der Waals surface area contributed by atoms with Gasteiger partial charge in [0.2, 0.25) is 5.95 Å². The van der Waals surface area contributed by atoms with Crippen molar-refractivity contribution in [3.8, 4) is 0 Å². The van der Waals surface area contributed by atoms with Crippen molar-refractivity contribution < 1.29 is 22.8 Å². The molecule has 0 aliphatic carbocycles. The molecule has 1 aliphatic heterocycles. The van der Waals surface area contributed by atoms with Crippen LogP contribution in [0.5, 0.6) is 0 Å². The van der Waals surface area contributed by atoms with Crippen LogP contribution in [0.15, 0.2) is 48.7 Å². The number of rotatable bonds is 6. The molecule has 11 heteroatoms. The number of halogens is 3. The second kappa shape index (κ2) is 8.77. The number of hydrogen-bond acceptors (Lipinski definition) is 6. The highest BCUT2D eigenvalue weighted by Crippen LogP contribution is 2.30. The number of nitrogens with one attached hydrogen (secondary N) is 3. The summed E-state index contributed by atoms with van der Waals surface area (Å²) in [5.41, 5.74) is 7.28. The van der Waals surface area contributed by atoms with Crippen LogP contribution in [-0.2, 0) is 19.1 Å². The highest BCUT2D eigenvalue weighted by Gasteiger charge is 2.30. The minimum absolute atomic E-state index is 0.0490. The van der Waals surface area contributed by atoms with E-state index in [1.165, 1.54) is 18.3 Å². The Kier molecular flexibility index (Phi) is 5.86. The summed E-state index contributed by atoms with van der Waals surface area (Å²) in [5.74, 6) is -0.636. The van der Waals surface area contributed by atoms with E-state index in [-0.39, 0.29) is 29.8 Å². The third-order valence-corrected chi connectivity index (χ3v) is 5.12. The van der Waals surface area contributed by atoms with Crippen LogP contribution in [0.4, 0.5) is 30.6 Å². The zero-order valence-electron chi connectivity index (χ0n) is 17.2. The Bertz CT molecular complexity index is 1210. The van der Waals surface area contributed by atoms with E-state index < -0.39 is 17.6 Å². The van der Waals surface area contributed by atoms with Gasteiger partial charge in [0.15, 0.2) is 0 Å². The van der Waals surface area contributed by atoms with Crippen LogP contribution in [0, 0.1) is 0 Å². The van der Waals surface area contributed by atoms with Crippen molar-refractivity contribution in [3.05, 3.63) is 76.5 Å². The Morgan fingerprint density at radius 2 is 1.91 bits per heavy atom. The molecular weight excluding hydrogens is 437 g/mol. The molecule has 33 heavy (non-hydrogen) atoms. The number of anilines is 3. The molecule has 3 aromatic rings. The molecule has 0 saturated carbocycles. The van der Waals surface area contributed by atoms with Crippen molar-refractivity contribution in [2.75, 3.05) is 17.2 Å². The largest absolute Gasteiger partial charge is 0.416 e. The van der Waals surface area contributed by atoms with E-state index in [0.717, 1.165) is 17.7 Å². The molecule has 0 saturated heterocycles. The number of aromatic nitrogens is 2. The number of fused-ring (bicyclic) bond motifs is 1. The predicted octanol–water partition coefficient (Wildman–Crippen LogP) is 3.24. The summed E-state index contributed by atoms with van der Waals surface area (Å²) in [7, 11) is 0. The quantitative estimate of drug-likeness (QED) is 0.452. The number of nitrogens with zero attached hydrogens (tertiary/aromatic N) is 2. The minimum atomic E-state index is -4.41. The van der Waals surface area contributed by atoms with E-state index in [1.54, 1.807) is 18.2 Å². The molecular formula is C22H19F3N6O2. The normalized spacial score (nSPS) is 13.1. The molecule has 170 valence electrons. The molecule has 2 aromatic carbocycles. The first-order chi connectivity index (χ1) is 15.7. The molecule has 8 nitrogen and oxygen atoms in total. The SMILES string of the molecule is NC(=O)c1cnc(NCc2ccc(C(F)(F)F)cc2)nc1Nc1cccc2c1CCNC2=O. The number of benzene rings is 2. The van der Waals surface area contributed by atoms with Crippen molar-refractivity contribution in [3.63, 3.8) is 0 Å². The van der Waals surface area contributed by atoms with E-state index in [4.69, 9.17) is 5.73 Å². The van der Waals surface area contributed by atoms with Gasteiger partial charge in [0.1, 0.15) is 11.4 Å². The third kappa shape index (κ3) is 4.86. The summed E-state index contributed by atoms with van der Waals surface area (Å²) >= 11 is 0. The standard InChI is InChI=1S/C22H19F3N6O2/c23-22(24,25)13-6-4-12(5-7-13)10-28-21-29-11-16(18(26)32)19(31-21)30-17-3-1-2-15-14(17)8-9-27-20(15)33/h1-7,11H,8-10H2,(H2,26,32)(H,27,33)(H2,28,29,30,31). The lowest BCUT2D eigenvalue weighted by atomic mass is 9.98. The van der Waals surface area contributed by atoms with Gasteiger partial charge in [-0.25, -0.2) is 4.98 Å². The Morgan fingerprint density at radius 1 is 1.15 bits per heavy atom. The molecule has 1 aromatic heterocycles. The van der Waals surface area contributed by atoms with Crippen molar-refractivity contribution in [1.82, 2.24) is 15.3 Å². The van der Waals surface area contributed by atoms with Gasteiger partial charge in [0, 0.05) is 30.5 Å². The molecule has 4 rings (SSSR count). The van der Waals surface area contributed by atoms with Crippen molar-refractivity contribution in [2.24, 2.45) is 5.73 Å². The number of alkyl halides is 3. The first kappa shape index (κ1) is 22.1. The van der Waals surface area contributed by atoms with Crippen molar-refractivity contribution >= 4 is 29.3 Å². The van der Waals surface area contributed by atoms with E-state index in [2.05, 4.69) is 25.9 Å². The van der Waals surface area contributed by atoms with Crippen LogP contribution in [0.3, 0.4) is 0 Å². The Labute approximate surface area is 186 Å². The number of nitrogens with two attached hydrogens (primary N) is 1. The number of amides is 2. The smallest absolute Gasteiger partial charge is 0.365 e. The van der Waals surface area contributed by atoms with Gasteiger partial charge >= 0.3 is 6.18 Å². The van der Waals surface area contributed by atoms with Crippen LogP contribution >= 0.6 is 0 Å². The fourth-order valence-electron chi connectivity index (χ4n) is 3.45. The van der Waals surface area contributed by atoms with Crippen LogP contribution in [0.2, 0.25) is 0 Å². The van der Waals surface area contributed by atoms with Gasteiger partial charge in [0.25, 0.3) is 11.8 Å². The van der Waals surface area contributed by atoms with Gasteiger partial charge in [0.05, 0.1) is 5.56 Å². The van der Waals surface area contributed by atoms with Gasteiger partial charge in [-0.15, -0.1) is 0 Å². The number of hydrogen-bond donors (Lipinski definition) is 4. The monoisotopic (exact) mass is 456 g/mol. The maximum absolute atomic E-state index is 12.7. The second-order valence-electron chi connectivity index (χ2n) is 7.33. The average molecular weight is 456 g/mol. The summed E-state index contributed by atoms with van der Waals surface area (Å²) in [5, 5.41) is 8.76. The zero-order valence-corrected chi connectivity index (χ0v) is 17.2. The van der Waals surface area contributed by atoms with Crippen molar-refractivity contribution in [2.45, 2.75) is 19.1 Å². The van der Waals surface area contributed by atoms with Crippen molar-refractivity contribution in [1.29, 1.82) is 0 Å². The summed E-state index contributed by atoms with van der Waals surface area (Å²) < 4.78 is 38.2. The molecule has 0 bridgehead atoms. The maximum Gasteiger partial charge on any atom is 0.416 e. The van der Waals surface area contributed by atoms with Gasteiger partial charge in [-0.2, -0.15) is 18.2 Å². The van der Waals surface area contributed by atoms with Crippen LogP contribution in [0.1, 0.15) is 37.4 Å². The van der Waals surface area contributed by atoms with E-state index >= 15 is 0 Å². The van der Waals surface area contributed by atoms with Crippen LogP contribution in [-0.4, -0.2) is 28.3 Å². The lowest BCUT2D eigenvalue weighted by Gasteiger charge is -2.20. The van der Waals surface area contributed by atoms with Crippen LogP contribution < -0.4 is 21.7 Å². The van der Waals surface area contributed by atoms with Gasteiger partial charge in [-0.3, -0.25) is 9.59 Å². The fraction of sp³-hybridized carbons (Fsp3) is 0.182. The molecule has 1 aliphatic rings. The highest BCUT2D eigenvalue weighted by molar-refractivity contribution is 6.00. The van der Waals surface area contributed by atoms with Gasteiger partial charge in [-0.1, -0.05) is 18.2 Å². The first-order valence-corrected chi connectivity index (χ1v) is 9.96.